The number of likely N-dealkylation sites (tertiary alicyclic amines) is 1. The van der Waals surface area contributed by atoms with E-state index in [0.717, 1.165) is 9.80 Å². The van der Waals surface area contributed by atoms with Crippen LogP contribution in [0.15, 0.2) is 0 Å². The Hall–Kier alpha value is -3.34. The lowest BCUT2D eigenvalue weighted by Crippen LogP contribution is -2.49. The van der Waals surface area contributed by atoms with E-state index in [1.54, 1.807) is 0 Å². The highest BCUT2D eigenvalue weighted by Crippen LogP contribution is 2.37. The Bertz CT molecular complexity index is 1180. The molecule has 1 saturated heterocycles. The zero-order chi connectivity index (χ0) is 31.1. The summed E-state index contributed by atoms with van der Waals surface area (Å²) in [6.45, 7) is 2.17. The van der Waals surface area contributed by atoms with E-state index in [0.29, 0.717) is 0 Å². The number of carbonyl (C=O) groups is 3. The second kappa shape index (κ2) is 11.2. The molecule has 41 heavy (non-hydrogen) atoms. The third-order valence-corrected chi connectivity index (χ3v) is 6.20. The molecule has 1 N–H and O–H groups in total. The molecule has 1 fully saturated rings. The van der Waals surface area contributed by atoms with E-state index in [-0.39, 0.29) is 6.54 Å². The number of halogens is 9. The fourth-order valence-corrected chi connectivity index (χ4v) is 4.41. The minimum atomic E-state index is -5.31. The molecule has 9 nitrogen and oxygen atoms in total. The number of rotatable bonds is 5. The average molecular weight is 607 g/mol. The number of hydrogen-bond donors (Lipinski definition) is 1. The summed E-state index contributed by atoms with van der Waals surface area (Å²) in [5.74, 6) is -5.74. The van der Waals surface area contributed by atoms with Gasteiger partial charge >= 0.3 is 24.6 Å². The van der Waals surface area contributed by atoms with Crippen molar-refractivity contribution in [3.05, 3.63) is 22.8 Å². The van der Waals surface area contributed by atoms with E-state index in [4.69, 9.17) is 4.74 Å². The number of amides is 3. The van der Waals surface area contributed by atoms with Crippen molar-refractivity contribution in [2.75, 3.05) is 19.6 Å². The first kappa shape index (κ1) is 32.2. The third-order valence-electron chi connectivity index (χ3n) is 6.20. The minimum absolute atomic E-state index is 0.373. The number of aromatic nitrogens is 2. The summed E-state index contributed by atoms with van der Waals surface area (Å²) < 4.78 is 124. The van der Waals surface area contributed by atoms with Gasteiger partial charge in [-0.05, 0) is 27.2 Å². The monoisotopic (exact) mass is 607 g/mol. The smallest absolute Gasteiger partial charge is 0.444 e. The summed E-state index contributed by atoms with van der Waals surface area (Å²) in [5.41, 5.74) is -4.04. The number of nitrogens with one attached hydrogen (secondary N) is 1. The maximum atomic E-state index is 13.4. The zero-order valence-electron chi connectivity index (χ0n) is 21.9. The second-order valence-corrected chi connectivity index (χ2v) is 10.7. The lowest BCUT2D eigenvalue weighted by Gasteiger charge is -2.32. The Morgan fingerprint density at radius 1 is 1.02 bits per heavy atom. The maximum Gasteiger partial charge on any atom is 0.451 e. The van der Waals surface area contributed by atoms with Crippen LogP contribution in [0.5, 0.6) is 0 Å². The van der Waals surface area contributed by atoms with Crippen LogP contribution in [0.25, 0.3) is 0 Å². The van der Waals surface area contributed by atoms with Gasteiger partial charge in [0.05, 0.1) is 24.2 Å². The van der Waals surface area contributed by atoms with Crippen LogP contribution in [-0.2, 0) is 39.6 Å². The Morgan fingerprint density at radius 3 is 2.17 bits per heavy atom. The fraction of sp³-hybridized carbons (Fsp3) is 0.696. The Labute approximate surface area is 227 Å². The van der Waals surface area contributed by atoms with Crippen LogP contribution in [0.4, 0.5) is 44.3 Å². The van der Waals surface area contributed by atoms with E-state index in [1.807, 2.05) is 0 Å². The predicted molar refractivity (Wildman–Crippen MR) is 120 cm³/mol. The highest BCUT2D eigenvalue weighted by Gasteiger charge is 2.48. The number of ether oxygens (including phenoxy) is 1. The molecule has 1 aromatic heterocycles. The van der Waals surface area contributed by atoms with Crippen LogP contribution in [0.3, 0.4) is 0 Å². The van der Waals surface area contributed by atoms with Gasteiger partial charge in [-0.3, -0.25) is 9.59 Å². The van der Waals surface area contributed by atoms with Crippen molar-refractivity contribution < 1.29 is 58.6 Å². The van der Waals surface area contributed by atoms with Crippen LogP contribution < -0.4 is 5.32 Å². The Balaban J connectivity index is 1.82. The maximum absolute atomic E-state index is 13.4. The number of nitrogens with zero attached hydrogens (tertiary/aromatic N) is 4. The van der Waals surface area contributed by atoms with Crippen molar-refractivity contribution in [3.63, 3.8) is 0 Å². The molecular weight excluding hydrogens is 581 g/mol. The van der Waals surface area contributed by atoms with Gasteiger partial charge in [0.2, 0.25) is 17.6 Å². The molecule has 2 aliphatic heterocycles. The third kappa shape index (κ3) is 8.34. The molecule has 0 bridgehead atoms. The van der Waals surface area contributed by atoms with Gasteiger partial charge in [0.15, 0.2) is 5.69 Å². The van der Waals surface area contributed by atoms with Crippen molar-refractivity contribution in [2.24, 2.45) is 5.92 Å². The van der Waals surface area contributed by atoms with Crippen LogP contribution in [-0.4, -0.2) is 75.1 Å². The fourth-order valence-electron chi connectivity index (χ4n) is 4.41. The Morgan fingerprint density at radius 2 is 1.66 bits per heavy atom. The van der Waals surface area contributed by atoms with E-state index < -0.39 is 116 Å². The van der Waals surface area contributed by atoms with Crippen LogP contribution in [0.1, 0.15) is 56.4 Å². The van der Waals surface area contributed by atoms with E-state index in [9.17, 15) is 53.9 Å². The number of hydrogen-bond acceptors (Lipinski definition) is 6. The standard InChI is InChI=1S/C23H26F9N5O4/c1-20(2,3)41-19(40)33-12(9-37-8-11(6-15(37)38)21(24,25)26)7-16(39)36-5-4-13-14(10-36)34-18(23(30,31)32)35-17(13)22(27,28)29/h11-12H,4-10H2,1-3H3,(H,33,40)/t11?,12-/m0/s1. The van der Waals surface area contributed by atoms with Crippen molar-refractivity contribution in [1.29, 1.82) is 0 Å². The van der Waals surface area contributed by atoms with Gasteiger partial charge in [-0.15, -0.1) is 0 Å². The average Bonchev–Trinajstić information content (AvgIpc) is 3.15. The van der Waals surface area contributed by atoms with E-state index >= 15 is 0 Å². The molecule has 3 amide bonds. The molecule has 0 saturated carbocycles. The predicted octanol–water partition coefficient (Wildman–Crippen LogP) is 4.09. The molecular formula is C23H26F9N5O4. The number of fused-ring (bicyclic) bond motifs is 1. The van der Waals surface area contributed by atoms with Crippen LogP contribution in [0, 0.1) is 5.92 Å². The largest absolute Gasteiger partial charge is 0.451 e. The molecule has 1 unspecified atom stereocenters. The van der Waals surface area contributed by atoms with E-state index in [1.165, 1.54) is 20.8 Å². The molecule has 3 heterocycles. The van der Waals surface area contributed by atoms with Crippen molar-refractivity contribution in [1.82, 2.24) is 25.1 Å². The molecule has 18 heteroatoms. The Kier molecular flexibility index (Phi) is 8.75. The lowest BCUT2D eigenvalue weighted by atomic mass is 10.0. The van der Waals surface area contributed by atoms with Crippen molar-refractivity contribution in [3.8, 4) is 0 Å². The number of carbonyl (C=O) groups excluding carboxylic acids is 3. The highest BCUT2D eigenvalue weighted by atomic mass is 19.4. The molecule has 2 atom stereocenters. The quantitative estimate of drug-likeness (QED) is 0.506. The van der Waals surface area contributed by atoms with Gasteiger partial charge in [0.25, 0.3) is 0 Å². The molecule has 0 aliphatic carbocycles. The first-order valence-corrected chi connectivity index (χ1v) is 12.2. The molecule has 0 spiro atoms. The molecule has 230 valence electrons. The van der Waals surface area contributed by atoms with Crippen LogP contribution >= 0.6 is 0 Å². The summed E-state index contributed by atoms with van der Waals surface area (Å²) in [4.78, 5) is 45.3. The molecule has 0 aromatic carbocycles. The second-order valence-electron chi connectivity index (χ2n) is 10.7. The number of alkyl carbamates (subject to hydrolysis) is 1. The molecule has 2 aliphatic rings. The summed E-state index contributed by atoms with van der Waals surface area (Å²) in [5, 5.41) is 2.31. The molecule has 1 aromatic rings. The van der Waals surface area contributed by atoms with Gasteiger partial charge in [0.1, 0.15) is 5.60 Å². The SMILES string of the molecule is CC(C)(C)OC(=O)N[C@@H](CC(=O)N1CCc2c(nc(C(F)(F)F)nc2C(F)(F)F)C1)CN1CC(C(F)(F)F)CC1=O. The van der Waals surface area contributed by atoms with E-state index in [2.05, 4.69) is 15.3 Å². The van der Waals surface area contributed by atoms with Crippen molar-refractivity contribution >= 4 is 17.9 Å². The topological polar surface area (TPSA) is 105 Å². The summed E-state index contributed by atoms with van der Waals surface area (Å²) in [6, 6.07) is -1.29. The molecule has 3 rings (SSSR count). The van der Waals surface area contributed by atoms with Crippen LogP contribution in [0.2, 0.25) is 0 Å². The normalized spacial score (nSPS) is 19.2. The summed E-state index contributed by atoms with van der Waals surface area (Å²) >= 11 is 0. The minimum Gasteiger partial charge on any atom is -0.444 e. The van der Waals surface area contributed by atoms with Gasteiger partial charge in [0, 0.05) is 38.0 Å². The highest BCUT2D eigenvalue weighted by molar-refractivity contribution is 5.80. The first-order valence-electron chi connectivity index (χ1n) is 12.2. The van der Waals surface area contributed by atoms with Gasteiger partial charge < -0.3 is 19.9 Å². The summed E-state index contributed by atoms with van der Waals surface area (Å²) in [7, 11) is 0. The van der Waals surface area contributed by atoms with Crippen molar-refractivity contribution in [2.45, 2.75) is 76.8 Å². The first-order chi connectivity index (χ1) is 18.5. The van der Waals surface area contributed by atoms with Gasteiger partial charge in [-0.2, -0.15) is 39.5 Å². The summed E-state index contributed by atoms with van der Waals surface area (Å²) in [6.07, 6.45) is -18.3. The molecule has 0 radical (unpaired) electrons. The van der Waals surface area contributed by atoms with Gasteiger partial charge in [-0.1, -0.05) is 0 Å². The number of alkyl halides is 9. The van der Waals surface area contributed by atoms with Gasteiger partial charge in [-0.25, -0.2) is 14.8 Å². The lowest BCUT2D eigenvalue weighted by molar-refractivity contribution is -0.171. The zero-order valence-corrected chi connectivity index (χ0v) is 21.9.